The zero-order valence-electron chi connectivity index (χ0n) is 6.25. The smallest absolute Gasteiger partial charge is 0.326 e. The predicted octanol–water partition coefficient (Wildman–Crippen LogP) is 0.0392. The van der Waals surface area contributed by atoms with Gasteiger partial charge in [-0.1, -0.05) is 0 Å². The SMILES string of the molecule is NC12CC3CC(OC1=O)C2C3. The van der Waals surface area contributed by atoms with Crippen molar-refractivity contribution in [3.8, 4) is 0 Å². The van der Waals surface area contributed by atoms with Crippen LogP contribution < -0.4 is 5.73 Å². The van der Waals surface area contributed by atoms with E-state index in [2.05, 4.69) is 0 Å². The molecule has 2 N–H and O–H groups in total. The first-order valence-corrected chi connectivity index (χ1v) is 4.20. The molecule has 3 heteroatoms. The summed E-state index contributed by atoms with van der Waals surface area (Å²) >= 11 is 0. The number of fused-ring (bicyclic) bond motifs is 1. The van der Waals surface area contributed by atoms with Crippen LogP contribution in [-0.4, -0.2) is 17.6 Å². The minimum absolute atomic E-state index is 0.146. The fraction of sp³-hybridized carbons (Fsp3) is 0.875. The van der Waals surface area contributed by atoms with Gasteiger partial charge in [-0.2, -0.15) is 0 Å². The van der Waals surface area contributed by atoms with Gasteiger partial charge in [0.05, 0.1) is 0 Å². The zero-order valence-corrected chi connectivity index (χ0v) is 6.25. The molecule has 60 valence electrons. The molecule has 3 fully saturated rings. The third kappa shape index (κ3) is 0.495. The molecule has 1 saturated heterocycles. The van der Waals surface area contributed by atoms with E-state index in [0.717, 1.165) is 19.3 Å². The highest BCUT2D eigenvalue weighted by Crippen LogP contribution is 2.55. The Morgan fingerprint density at radius 3 is 2.91 bits per heavy atom. The largest absolute Gasteiger partial charge is 0.461 e. The number of hydrogen-bond acceptors (Lipinski definition) is 3. The molecule has 11 heavy (non-hydrogen) atoms. The lowest BCUT2D eigenvalue weighted by Gasteiger charge is -2.22. The predicted molar refractivity (Wildman–Crippen MR) is 37.6 cm³/mol. The maximum absolute atomic E-state index is 11.3. The van der Waals surface area contributed by atoms with E-state index in [9.17, 15) is 4.79 Å². The van der Waals surface area contributed by atoms with Crippen LogP contribution in [0, 0.1) is 11.8 Å². The van der Waals surface area contributed by atoms with Crippen molar-refractivity contribution in [3.05, 3.63) is 0 Å². The van der Waals surface area contributed by atoms with E-state index in [0.29, 0.717) is 11.8 Å². The molecule has 4 unspecified atom stereocenters. The van der Waals surface area contributed by atoms with Gasteiger partial charge in [0.25, 0.3) is 0 Å². The lowest BCUT2D eigenvalue weighted by Crippen LogP contribution is -2.48. The van der Waals surface area contributed by atoms with E-state index in [4.69, 9.17) is 10.5 Å². The van der Waals surface area contributed by atoms with Crippen LogP contribution >= 0.6 is 0 Å². The van der Waals surface area contributed by atoms with Crippen LogP contribution in [-0.2, 0) is 9.53 Å². The maximum Gasteiger partial charge on any atom is 0.326 e. The Balaban J connectivity index is 2.11. The Bertz CT molecular complexity index is 240. The van der Waals surface area contributed by atoms with Crippen molar-refractivity contribution in [1.29, 1.82) is 0 Å². The second-order valence-corrected chi connectivity index (χ2v) is 4.13. The molecule has 0 aromatic carbocycles. The van der Waals surface area contributed by atoms with Crippen molar-refractivity contribution in [2.24, 2.45) is 17.6 Å². The molecule has 0 spiro atoms. The summed E-state index contributed by atoms with van der Waals surface area (Å²) in [6, 6.07) is 0. The second kappa shape index (κ2) is 1.46. The minimum atomic E-state index is -0.576. The van der Waals surface area contributed by atoms with E-state index >= 15 is 0 Å². The van der Waals surface area contributed by atoms with Gasteiger partial charge in [0.1, 0.15) is 11.6 Å². The van der Waals surface area contributed by atoms with Crippen LogP contribution in [0.15, 0.2) is 0 Å². The maximum atomic E-state index is 11.3. The van der Waals surface area contributed by atoms with E-state index < -0.39 is 5.54 Å². The zero-order chi connectivity index (χ0) is 7.64. The Labute approximate surface area is 64.9 Å². The number of hydrogen-bond donors (Lipinski definition) is 1. The number of esters is 1. The van der Waals surface area contributed by atoms with Gasteiger partial charge in [0.15, 0.2) is 0 Å². The summed E-state index contributed by atoms with van der Waals surface area (Å²) in [4.78, 5) is 11.3. The Morgan fingerprint density at radius 2 is 2.36 bits per heavy atom. The highest BCUT2D eigenvalue weighted by atomic mass is 16.6. The molecule has 0 aromatic heterocycles. The van der Waals surface area contributed by atoms with Crippen LogP contribution in [0.4, 0.5) is 0 Å². The van der Waals surface area contributed by atoms with E-state index in [-0.39, 0.29) is 12.1 Å². The molecule has 3 nitrogen and oxygen atoms in total. The quantitative estimate of drug-likeness (QED) is 0.500. The second-order valence-electron chi connectivity index (χ2n) is 4.13. The van der Waals surface area contributed by atoms with Crippen LogP contribution in [0.5, 0.6) is 0 Å². The molecule has 0 aromatic rings. The normalized spacial score (nSPS) is 58.6. The minimum Gasteiger partial charge on any atom is -0.461 e. The summed E-state index contributed by atoms with van der Waals surface area (Å²) in [6.45, 7) is 0. The number of carbonyl (C=O) groups is 1. The molecule has 2 aliphatic carbocycles. The summed E-state index contributed by atoms with van der Waals surface area (Å²) < 4.78 is 5.18. The Kier molecular flexibility index (Phi) is 0.796. The first-order valence-electron chi connectivity index (χ1n) is 4.20. The van der Waals surface area contributed by atoms with Gasteiger partial charge in [-0.15, -0.1) is 0 Å². The average Bonchev–Trinajstić information content (AvgIpc) is 2.45. The lowest BCUT2D eigenvalue weighted by molar-refractivity contribution is -0.144. The van der Waals surface area contributed by atoms with Crippen LogP contribution in [0.2, 0.25) is 0 Å². The molecule has 1 heterocycles. The average molecular weight is 153 g/mol. The van der Waals surface area contributed by atoms with Crippen molar-refractivity contribution in [1.82, 2.24) is 0 Å². The van der Waals surface area contributed by atoms with Gasteiger partial charge in [0, 0.05) is 5.92 Å². The summed E-state index contributed by atoms with van der Waals surface area (Å²) in [7, 11) is 0. The summed E-state index contributed by atoms with van der Waals surface area (Å²) in [5.74, 6) is 0.869. The third-order valence-electron chi connectivity index (χ3n) is 3.53. The molecular weight excluding hydrogens is 142 g/mol. The van der Waals surface area contributed by atoms with Gasteiger partial charge < -0.3 is 10.5 Å². The van der Waals surface area contributed by atoms with Crippen LogP contribution in [0.3, 0.4) is 0 Å². The molecule has 4 atom stereocenters. The van der Waals surface area contributed by atoms with Crippen molar-refractivity contribution >= 4 is 5.97 Å². The third-order valence-corrected chi connectivity index (χ3v) is 3.53. The summed E-state index contributed by atoms with van der Waals surface area (Å²) in [6.07, 6.45) is 3.22. The number of ether oxygens (including phenoxy) is 1. The van der Waals surface area contributed by atoms with E-state index in [1.807, 2.05) is 0 Å². The monoisotopic (exact) mass is 153 g/mol. The molecule has 1 aliphatic heterocycles. The Morgan fingerprint density at radius 1 is 1.55 bits per heavy atom. The number of nitrogens with two attached hydrogens (primary N) is 1. The van der Waals surface area contributed by atoms with Gasteiger partial charge in [-0.3, -0.25) is 4.79 Å². The fourth-order valence-electron chi connectivity index (χ4n) is 3.05. The van der Waals surface area contributed by atoms with Crippen LogP contribution in [0.25, 0.3) is 0 Å². The van der Waals surface area contributed by atoms with Crippen molar-refractivity contribution in [2.45, 2.75) is 30.9 Å². The van der Waals surface area contributed by atoms with Gasteiger partial charge in [-0.25, -0.2) is 0 Å². The molecule has 3 rings (SSSR count). The number of carbonyl (C=O) groups excluding carboxylic acids is 1. The fourth-order valence-corrected chi connectivity index (χ4v) is 3.05. The molecule has 2 saturated carbocycles. The molecule has 3 aliphatic rings. The Hall–Kier alpha value is -0.570. The first-order chi connectivity index (χ1) is 5.20. The first kappa shape index (κ1) is 6.00. The molecular formula is C8H11NO2. The number of rotatable bonds is 0. The van der Waals surface area contributed by atoms with E-state index in [1.165, 1.54) is 0 Å². The van der Waals surface area contributed by atoms with Crippen LogP contribution in [0.1, 0.15) is 19.3 Å². The van der Waals surface area contributed by atoms with Crippen molar-refractivity contribution < 1.29 is 9.53 Å². The van der Waals surface area contributed by atoms with Gasteiger partial charge in [-0.05, 0) is 25.2 Å². The highest BCUT2D eigenvalue weighted by Gasteiger charge is 2.64. The highest BCUT2D eigenvalue weighted by molar-refractivity contribution is 5.84. The molecule has 0 amide bonds. The standard InChI is InChI=1S/C8H11NO2/c9-8-3-4-1-5(8)6(2-4)11-7(8)10/h4-6H,1-3,9H2. The molecule has 2 bridgehead atoms. The van der Waals surface area contributed by atoms with Crippen molar-refractivity contribution in [3.63, 3.8) is 0 Å². The lowest BCUT2D eigenvalue weighted by atomic mass is 9.83. The van der Waals surface area contributed by atoms with Crippen molar-refractivity contribution in [2.75, 3.05) is 0 Å². The molecule has 0 radical (unpaired) electrons. The topological polar surface area (TPSA) is 52.3 Å². The summed E-state index contributed by atoms with van der Waals surface area (Å²) in [5, 5.41) is 0. The summed E-state index contributed by atoms with van der Waals surface area (Å²) in [5.41, 5.74) is 5.38. The van der Waals surface area contributed by atoms with E-state index in [1.54, 1.807) is 0 Å². The van der Waals surface area contributed by atoms with Gasteiger partial charge >= 0.3 is 5.97 Å². The van der Waals surface area contributed by atoms with Gasteiger partial charge in [0.2, 0.25) is 0 Å².